The molecular formula is C28H25N2O4+. The largest absolute Gasteiger partial charge is 0.468 e. The van der Waals surface area contributed by atoms with Gasteiger partial charge in [0, 0.05) is 53.0 Å². The van der Waals surface area contributed by atoms with Crippen molar-refractivity contribution in [3.05, 3.63) is 71.6 Å². The van der Waals surface area contributed by atoms with Crippen LogP contribution >= 0.6 is 0 Å². The fraction of sp³-hybridized carbons (Fsp3) is 0.250. The molecule has 4 aliphatic rings. The predicted octanol–water partition coefficient (Wildman–Crippen LogP) is 3.80. The van der Waals surface area contributed by atoms with Crippen molar-refractivity contribution >= 4 is 28.9 Å². The van der Waals surface area contributed by atoms with Crippen molar-refractivity contribution in [2.45, 2.75) is 6.42 Å². The van der Waals surface area contributed by atoms with Crippen LogP contribution in [0.25, 0.3) is 33.4 Å². The Labute approximate surface area is 197 Å². The van der Waals surface area contributed by atoms with Gasteiger partial charge in [-0.3, -0.25) is 9.59 Å². The lowest BCUT2D eigenvalue weighted by atomic mass is 9.91. The van der Waals surface area contributed by atoms with Gasteiger partial charge >= 0.3 is 5.97 Å². The van der Waals surface area contributed by atoms with E-state index in [1.54, 1.807) is 0 Å². The van der Waals surface area contributed by atoms with Gasteiger partial charge in [-0.15, -0.1) is 0 Å². The molecule has 0 unspecified atom stereocenters. The molecule has 0 saturated carbocycles. The van der Waals surface area contributed by atoms with Crippen LogP contribution in [0.4, 0.5) is 5.69 Å². The molecule has 0 aromatic heterocycles. The Morgan fingerprint density at radius 1 is 1.06 bits per heavy atom. The number of methoxy groups -OCH3 is 1. The maximum Gasteiger partial charge on any atom is 0.321 e. The Morgan fingerprint density at radius 2 is 1.88 bits per heavy atom. The van der Waals surface area contributed by atoms with Gasteiger partial charge in [0.15, 0.2) is 25.3 Å². The number of rotatable bonds is 4. The third-order valence-electron chi connectivity index (χ3n) is 7.05. The topological polar surface area (TPSA) is 62.8 Å². The molecule has 6 rings (SSSR count). The second-order valence-corrected chi connectivity index (χ2v) is 9.01. The second kappa shape index (κ2) is 8.13. The molecule has 1 aliphatic carbocycles. The summed E-state index contributed by atoms with van der Waals surface area (Å²) in [5, 5.41) is 1.98. The Bertz CT molecular complexity index is 1470. The molecular weight excluding hydrogens is 428 g/mol. The first-order valence-electron chi connectivity index (χ1n) is 11.6. The van der Waals surface area contributed by atoms with Crippen molar-refractivity contribution in [1.29, 1.82) is 0 Å². The van der Waals surface area contributed by atoms with Crippen molar-refractivity contribution in [1.82, 2.24) is 4.58 Å². The molecule has 2 saturated heterocycles. The number of hydrogen-bond acceptors (Lipinski definition) is 5. The highest BCUT2D eigenvalue weighted by molar-refractivity contribution is 6.06. The lowest BCUT2D eigenvalue weighted by Crippen LogP contribution is -2.52. The number of aldehydes is 1. The molecule has 3 aliphatic heterocycles. The SMILES string of the molecule is COC(=O)C1C[N+](=c2ccc3c(-c4ccccc4C=O)c4ccc(N5CCC5)cc4oc-3c2)C1. The highest BCUT2D eigenvalue weighted by Gasteiger charge is 2.38. The van der Waals surface area contributed by atoms with Crippen LogP contribution in [0.3, 0.4) is 0 Å². The molecule has 34 heavy (non-hydrogen) atoms. The summed E-state index contributed by atoms with van der Waals surface area (Å²) in [6.45, 7) is 3.37. The quantitative estimate of drug-likeness (QED) is 0.204. The molecule has 6 nitrogen and oxygen atoms in total. The van der Waals surface area contributed by atoms with E-state index in [2.05, 4.69) is 39.8 Å². The summed E-state index contributed by atoms with van der Waals surface area (Å²) < 4.78 is 13.5. The highest BCUT2D eigenvalue weighted by atomic mass is 16.5. The molecule has 2 fully saturated rings. The molecule has 6 heteroatoms. The van der Waals surface area contributed by atoms with Crippen LogP contribution in [0.5, 0.6) is 0 Å². The van der Waals surface area contributed by atoms with Crippen molar-refractivity contribution < 1.29 is 18.7 Å². The minimum Gasteiger partial charge on any atom is -0.468 e. The van der Waals surface area contributed by atoms with Gasteiger partial charge in [0.1, 0.15) is 11.3 Å². The zero-order valence-electron chi connectivity index (χ0n) is 19.0. The van der Waals surface area contributed by atoms with Crippen LogP contribution in [0, 0.1) is 5.92 Å². The molecule has 0 amide bonds. The molecule has 0 radical (unpaired) electrons. The summed E-state index contributed by atoms with van der Waals surface area (Å²) >= 11 is 0. The maximum atomic E-state index is 11.9. The summed E-state index contributed by atoms with van der Waals surface area (Å²) in [5.41, 5.74) is 5.43. The number of fused-ring (bicyclic) bond motifs is 2. The smallest absolute Gasteiger partial charge is 0.321 e. The lowest BCUT2D eigenvalue weighted by Gasteiger charge is -2.33. The zero-order valence-corrected chi connectivity index (χ0v) is 19.0. The molecule has 0 N–H and O–H groups in total. The van der Waals surface area contributed by atoms with Gasteiger partial charge in [-0.05, 0) is 30.2 Å². The normalized spacial score (nSPS) is 17.4. The van der Waals surface area contributed by atoms with Crippen LogP contribution in [0.2, 0.25) is 0 Å². The Morgan fingerprint density at radius 3 is 2.62 bits per heavy atom. The molecule has 0 bridgehead atoms. The van der Waals surface area contributed by atoms with E-state index in [1.165, 1.54) is 13.5 Å². The van der Waals surface area contributed by atoms with E-state index >= 15 is 0 Å². The lowest BCUT2D eigenvalue weighted by molar-refractivity contribution is -0.147. The number of benzene rings is 3. The first-order valence-corrected chi connectivity index (χ1v) is 11.6. The minimum atomic E-state index is -0.168. The third kappa shape index (κ3) is 3.29. The van der Waals surface area contributed by atoms with E-state index in [1.807, 2.05) is 30.3 Å². The van der Waals surface area contributed by atoms with E-state index in [0.717, 1.165) is 63.8 Å². The number of anilines is 1. The fourth-order valence-electron chi connectivity index (χ4n) is 4.96. The van der Waals surface area contributed by atoms with Crippen molar-refractivity contribution in [2.75, 3.05) is 38.2 Å². The fourth-order valence-corrected chi connectivity index (χ4v) is 4.96. The number of nitrogens with zero attached hydrogens (tertiary/aromatic N) is 2. The van der Waals surface area contributed by atoms with Gasteiger partial charge in [0.05, 0.1) is 13.2 Å². The van der Waals surface area contributed by atoms with E-state index < -0.39 is 0 Å². The molecule has 3 heterocycles. The summed E-state index contributed by atoms with van der Waals surface area (Å²) in [5.74, 6) is 0.491. The summed E-state index contributed by atoms with van der Waals surface area (Å²) in [6, 6.07) is 20.2. The van der Waals surface area contributed by atoms with Crippen LogP contribution in [-0.4, -0.2) is 45.5 Å². The van der Waals surface area contributed by atoms with Crippen molar-refractivity contribution in [3.8, 4) is 22.5 Å². The number of carbonyl (C=O) groups is 2. The van der Waals surface area contributed by atoms with Gasteiger partial charge in [-0.1, -0.05) is 24.3 Å². The van der Waals surface area contributed by atoms with Crippen molar-refractivity contribution in [3.63, 3.8) is 0 Å². The molecule has 0 spiro atoms. The molecule has 0 atom stereocenters. The summed E-state index contributed by atoms with van der Waals surface area (Å²) in [6.07, 6.45) is 2.11. The first kappa shape index (κ1) is 20.7. The monoisotopic (exact) mass is 453 g/mol. The van der Waals surface area contributed by atoms with E-state index in [9.17, 15) is 9.59 Å². The van der Waals surface area contributed by atoms with E-state index in [4.69, 9.17) is 9.15 Å². The van der Waals surface area contributed by atoms with Gasteiger partial charge in [0.25, 0.3) is 0 Å². The number of carbonyl (C=O) groups excluding carboxylic acids is 2. The number of esters is 1. The third-order valence-corrected chi connectivity index (χ3v) is 7.05. The summed E-state index contributed by atoms with van der Waals surface area (Å²) in [4.78, 5) is 26.0. The summed E-state index contributed by atoms with van der Waals surface area (Å²) in [7, 11) is 1.43. The van der Waals surface area contributed by atoms with Crippen LogP contribution in [0.1, 0.15) is 16.8 Å². The molecule has 2 aromatic carbocycles. The van der Waals surface area contributed by atoms with Crippen LogP contribution in [0.15, 0.2) is 65.1 Å². The average molecular weight is 454 g/mol. The molecule has 2 aromatic rings. The maximum absolute atomic E-state index is 11.9. The van der Waals surface area contributed by atoms with Crippen LogP contribution in [-0.2, 0) is 9.53 Å². The predicted molar refractivity (Wildman–Crippen MR) is 131 cm³/mol. The standard InChI is InChI=1S/C28H25N2O4/c1-33-28(32)19-15-30(16-19)21-8-10-24-26(14-21)34-25-13-20(29-11-4-12-29)7-9-23(25)27(24)22-6-3-2-5-18(22)17-31/h2-3,5-10,13-14,17,19H,4,11-12,15-16H2,1H3/q+1. The van der Waals surface area contributed by atoms with Gasteiger partial charge < -0.3 is 14.1 Å². The van der Waals surface area contributed by atoms with E-state index in [-0.39, 0.29) is 11.9 Å². The Kier molecular flexibility index (Phi) is 4.94. The average Bonchev–Trinajstić information content (AvgIpc) is 2.80. The first-order chi connectivity index (χ1) is 16.7. The highest BCUT2D eigenvalue weighted by Crippen LogP contribution is 2.42. The Balaban J connectivity index is 1.57. The van der Waals surface area contributed by atoms with Crippen LogP contribution < -0.4 is 14.8 Å². The van der Waals surface area contributed by atoms with Gasteiger partial charge in [0.2, 0.25) is 5.36 Å². The molecule has 170 valence electrons. The Hall–Kier alpha value is -3.93. The second-order valence-electron chi connectivity index (χ2n) is 9.01. The van der Waals surface area contributed by atoms with Gasteiger partial charge in [-0.2, -0.15) is 0 Å². The zero-order chi connectivity index (χ0) is 23.2. The number of ether oxygens (including phenoxy) is 1. The van der Waals surface area contributed by atoms with Gasteiger partial charge in [-0.25, -0.2) is 4.58 Å². The number of hydrogen-bond donors (Lipinski definition) is 0. The van der Waals surface area contributed by atoms with Crippen molar-refractivity contribution in [2.24, 2.45) is 5.92 Å². The minimum absolute atomic E-state index is 0.0941. The van der Waals surface area contributed by atoms with E-state index in [0.29, 0.717) is 18.7 Å².